The van der Waals surface area contributed by atoms with Gasteiger partial charge in [-0.2, -0.15) is 0 Å². The molecular weight excluding hydrogens is 242 g/mol. The van der Waals surface area contributed by atoms with Gasteiger partial charge in [-0.3, -0.25) is 5.10 Å². The molecule has 1 saturated heterocycles. The Labute approximate surface area is 90.5 Å². The highest BCUT2D eigenvalue weighted by Gasteiger charge is 2.28. The van der Waals surface area contributed by atoms with Crippen LogP contribution in [0.2, 0.25) is 0 Å². The predicted octanol–water partition coefficient (Wildman–Crippen LogP) is 0.800. The van der Waals surface area contributed by atoms with Crippen LogP contribution in [-0.2, 0) is 9.84 Å². The van der Waals surface area contributed by atoms with Crippen LogP contribution < -0.4 is 5.32 Å². The molecule has 2 N–H and O–H groups in total. The molecule has 8 heteroatoms. The maximum Gasteiger partial charge on any atom is 0.204 e. The molecule has 2 rings (SSSR count). The second-order valence-corrected chi connectivity index (χ2v) is 7.06. The summed E-state index contributed by atoms with van der Waals surface area (Å²) in [7, 11) is -2.83. The van der Waals surface area contributed by atoms with Gasteiger partial charge in [0.1, 0.15) is 0 Å². The Morgan fingerprint density at radius 3 is 2.93 bits per heavy atom. The number of nitrogens with zero attached hydrogens (tertiary/aromatic N) is 1. The number of rotatable bonds is 2. The summed E-state index contributed by atoms with van der Waals surface area (Å²) in [5.74, 6) is 0.458. The van der Waals surface area contributed by atoms with Gasteiger partial charge < -0.3 is 5.32 Å². The number of sulfone groups is 1. The van der Waals surface area contributed by atoms with E-state index in [4.69, 9.17) is 12.2 Å². The quantitative estimate of drug-likeness (QED) is 0.760. The topological polar surface area (TPSA) is 74.8 Å². The van der Waals surface area contributed by atoms with Gasteiger partial charge >= 0.3 is 0 Å². The van der Waals surface area contributed by atoms with Crippen molar-refractivity contribution in [3.8, 4) is 0 Å². The standard InChI is InChI=1S/C6H9N3O2S3/c10-14(11)2-1-4(3-14)7-5-8-9-6(12)13-5/h4H,1-3H2,(H,7,8)(H,9,12). The van der Waals surface area contributed by atoms with Crippen molar-refractivity contribution in [2.45, 2.75) is 12.5 Å². The second-order valence-electron chi connectivity index (χ2n) is 3.16. The van der Waals surface area contributed by atoms with Crippen LogP contribution in [0.15, 0.2) is 0 Å². The lowest BCUT2D eigenvalue weighted by Gasteiger charge is -2.07. The van der Waals surface area contributed by atoms with Gasteiger partial charge in [0.25, 0.3) is 0 Å². The number of anilines is 1. The Balaban J connectivity index is 2.04. The molecule has 1 fully saturated rings. The van der Waals surface area contributed by atoms with Gasteiger partial charge in [-0.1, -0.05) is 11.3 Å². The molecular formula is C6H9N3O2S3. The van der Waals surface area contributed by atoms with Crippen LogP contribution in [0.1, 0.15) is 6.42 Å². The van der Waals surface area contributed by atoms with Gasteiger partial charge in [-0.05, 0) is 18.6 Å². The first-order valence-electron chi connectivity index (χ1n) is 4.08. The number of nitrogens with one attached hydrogen (secondary N) is 2. The lowest BCUT2D eigenvalue weighted by molar-refractivity contribution is 0.602. The van der Waals surface area contributed by atoms with E-state index in [1.165, 1.54) is 11.3 Å². The van der Waals surface area contributed by atoms with E-state index in [9.17, 15) is 8.42 Å². The highest BCUT2D eigenvalue weighted by atomic mass is 32.2. The third-order valence-electron chi connectivity index (χ3n) is 2.00. The minimum Gasteiger partial charge on any atom is -0.356 e. The Kier molecular flexibility index (Phi) is 2.58. The molecule has 5 nitrogen and oxygen atoms in total. The van der Waals surface area contributed by atoms with Gasteiger partial charge in [0.2, 0.25) is 5.13 Å². The summed E-state index contributed by atoms with van der Waals surface area (Å²) in [6.07, 6.45) is 0.647. The fourth-order valence-corrected chi connectivity index (χ4v) is 3.91. The lowest BCUT2D eigenvalue weighted by atomic mass is 10.3. The van der Waals surface area contributed by atoms with Crippen molar-refractivity contribution in [2.75, 3.05) is 16.8 Å². The zero-order valence-electron chi connectivity index (χ0n) is 7.19. The summed E-state index contributed by atoms with van der Waals surface area (Å²) in [6, 6.07) is -0.0195. The molecule has 1 aromatic rings. The number of aromatic amines is 1. The normalized spacial score (nSPS) is 25.0. The van der Waals surface area contributed by atoms with Crippen molar-refractivity contribution in [2.24, 2.45) is 0 Å². The van der Waals surface area contributed by atoms with Crippen molar-refractivity contribution in [3.63, 3.8) is 0 Å². The molecule has 0 bridgehead atoms. The van der Waals surface area contributed by atoms with Gasteiger partial charge in [0.05, 0.1) is 11.5 Å². The molecule has 0 radical (unpaired) electrons. The number of hydrogen-bond donors (Lipinski definition) is 2. The van der Waals surface area contributed by atoms with E-state index in [0.717, 1.165) is 0 Å². The second kappa shape index (κ2) is 3.59. The van der Waals surface area contributed by atoms with E-state index in [1.807, 2.05) is 0 Å². The molecule has 14 heavy (non-hydrogen) atoms. The van der Waals surface area contributed by atoms with E-state index in [-0.39, 0.29) is 17.5 Å². The molecule has 2 heterocycles. The van der Waals surface area contributed by atoms with Gasteiger partial charge in [0.15, 0.2) is 13.8 Å². The first-order valence-corrected chi connectivity index (χ1v) is 7.12. The van der Waals surface area contributed by atoms with Gasteiger partial charge in [0, 0.05) is 6.04 Å². The number of H-pyrrole nitrogens is 1. The van der Waals surface area contributed by atoms with Crippen molar-refractivity contribution in [1.29, 1.82) is 0 Å². The van der Waals surface area contributed by atoms with Gasteiger partial charge in [-0.25, -0.2) is 8.42 Å². The molecule has 0 aliphatic carbocycles. The molecule has 1 aliphatic rings. The number of hydrogen-bond acceptors (Lipinski definition) is 6. The smallest absolute Gasteiger partial charge is 0.204 e. The largest absolute Gasteiger partial charge is 0.356 e. The Bertz CT molecular complexity index is 475. The van der Waals surface area contributed by atoms with Gasteiger partial charge in [-0.15, -0.1) is 5.10 Å². The molecule has 1 aliphatic heterocycles. The molecule has 0 saturated carbocycles. The van der Waals surface area contributed by atoms with Crippen molar-refractivity contribution >= 4 is 38.5 Å². The van der Waals surface area contributed by atoms with E-state index in [1.54, 1.807) is 0 Å². The van der Waals surface area contributed by atoms with E-state index >= 15 is 0 Å². The van der Waals surface area contributed by atoms with E-state index in [2.05, 4.69) is 15.5 Å². The SMILES string of the molecule is O=S1(=O)CCC(Nc2n[nH]c(=S)s2)C1. The number of aromatic nitrogens is 2. The Morgan fingerprint density at radius 1 is 1.64 bits per heavy atom. The van der Waals surface area contributed by atoms with Crippen molar-refractivity contribution in [3.05, 3.63) is 3.95 Å². The summed E-state index contributed by atoms with van der Waals surface area (Å²) in [4.78, 5) is 0. The van der Waals surface area contributed by atoms with Crippen LogP contribution in [0.3, 0.4) is 0 Å². The third-order valence-corrected chi connectivity index (χ3v) is 4.79. The first kappa shape index (κ1) is 10.1. The molecule has 1 unspecified atom stereocenters. The summed E-state index contributed by atoms with van der Waals surface area (Å²) < 4.78 is 22.9. The third kappa shape index (κ3) is 2.31. The Hall–Kier alpha value is -0.470. The Morgan fingerprint density at radius 2 is 2.43 bits per heavy atom. The summed E-state index contributed by atoms with van der Waals surface area (Å²) in [6.45, 7) is 0. The molecule has 0 aromatic carbocycles. The summed E-state index contributed by atoms with van der Waals surface area (Å²) >= 11 is 6.18. The predicted molar refractivity (Wildman–Crippen MR) is 58.0 cm³/mol. The first-order chi connectivity index (χ1) is 6.55. The monoisotopic (exact) mass is 251 g/mol. The van der Waals surface area contributed by atoms with Crippen LogP contribution in [-0.4, -0.2) is 36.2 Å². The van der Waals surface area contributed by atoms with Crippen LogP contribution in [0.25, 0.3) is 0 Å². The molecule has 78 valence electrons. The maximum absolute atomic E-state index is 11.2. The molecule has 1 atom stereocenters. The zero-order chi connectivity index (χ0) is 10.2. The van der Waals surface area contributed by atoms with Crippen LogP contribution in [0.4, 0.5) is 5.13 Å². The molecule has 0 amide bonds. The average Bonchev–Trinajstić information content (AvgIpc) is 2.59. The van der Waals surface area contributed by atoms with E-state index < -0.39 is 9.84 Å². The molecule has 0 spiro atoms. The van der Waals surface area contributed by atoms with Crippen LogP contribution in [0.5, 0.6) is 0 Å². The summed E-state index contributed by atoms with van der Waals surface area (Å²) in [5.41, 5.74) is 0. The fourth-order valence-electron chi connectivity index (χ4n) is 1.38. The van der Waals surface area contributed by atoms with E-state index in [0.29, 0.717) is 15.5 Å². The maximum atomic E-state index is 11.2. The molecule has 1 aromatic heterocycles. The highest BCUT2D eigenvalue weighted by molar-refractivity contribution is 7.91. The minimum absolute atomic E-state index is 0.0195. The lowest BCUT2D eigenvalue weighted by Crippen LogP contribution is -2.20. The average molecular weight is 251 g/mol. The zero-order valence-corrected chi connectivity index (χ0v) is 9.64. The van der Waals surface area contributed by atoms with Crippen molar-refractivity contribution < 1.29 is 8.42 Å². The summed E-state index contributed by atoms with van der Waals surface area (Å²) in [5, 5.41) is 10.3. The minimum atomic E-state index is -2.83. The van der Waals surface area contributed by atoms with Crippen LogP contribution in [0, 0.1) is 3.95 Å². The van der Waals surface area contributed by atoms with Crippen molar-refractivity contribution in [1.82, 2.24) is 10.2 Å². The highest BCUT2D eigenvalue weighted by Crippen LogP contribution is 2.18. The van der Waals surface area contributed by atoms with Crippen LogP contribution >= 0.6 is 23.6 Å². The fraction of sp³-hybridized carbons (Fsp3) is 0.667.